The summed E-state index contributed by atoms with van der Waals surface area (Å²) in [4.78, 5) is 24.8. The van der Waals surface area contributed by atoms with E-state index >= 15 is 0 Å². The number of rotatable bonds is 9. The van der Waals surface area contributed by atoms with Crippen LogP contribution in [0.15, 0.2) is 54.6 Å². The van der Waals surface area contributed by atoms with Crippen molar-refractivity contribution >= 4 is 17.9 Å². The molecule has 0 aliphatic rings. The van der Waals surface area contributed by atoms with Gasteiger partial charge < -0.3 is 20.3 Å². The molecule has 1 unspecified atom stereocenters. The van der Waals surface area contributed by atoms with Gasteiger partial charge in [0.25, 0.3) is 0 Å². The number of hydrogen-bond donors (Lipinski definition) is 3. The Hall–Kier alpha value is -3.06. The van der Waals surface area contributed by atoms with Crippen molar-refractivity contribution < 1.29 is 24.5 Å². The van der Waals surface area contributed by atoms with Crippen LogP contribution in [0.25, 0.3) is 0 Å². The fourth-order valence-corrected chi connectivity index (χ4v) is 3.11. The molecule has 0 aromatic heterocycles. The van der Waals surface area contributed by atoms with Gasteiger partial charge in [0.05, 0.1) is 6.10 Å². The van der Waals surface area contributed by atoms with Crippen LogP contribution in [0.4, 0.5) is 15.3 Å². The summed E-state index contributed by atoms with van der Waals surface area (Å²) in [5, 5.41) is 22.7. The molecule has 168 valence electrons. The van der Waals surface area contributed by atoms with E-state index in [4.69, 9.17) is 4.74 Å². The van der Waals surface area contributed by atoms with Gasteiger partial charge in [0.2, 0.25) is 0 Å². The van der Waals surface area contributed by atoms with E-state index in [1.54, 1.807) is 45.0 Å². The molecule has 0 aliphatic carbocycles. The van der Waals surface area contributed by atoms with E-state index in [1.807, 2.05) is 30.3 Å². The standard InChI is InChI=1S/C24H32N2O5/c1-24(2,3)31-22(28)25-15-14-21(27)19-12-7-13-20(17-19)26(23(29)30)16-8-11-18-9-5-4-6-10-18/h4-7,9-10,12-13,17,21,27H,8,11,14-16H2,1-3H3,(H,25,28)(H,29,30). The van der Waals surface area contributed by atoms with Gasteiger partial charge in [0, 0.05) is 18.8 Å². The number of aliphatic hydroxyl groups is 1. The number of nitrogens with one attached hydrogen (secondary N) is 1. The molecule has 0 radical (unpaired) electrons. The SMILES string of the molecule is CC(C)(C)OC(=O)NCCC(O)c1cccc(N(CCCc2ccccc2)C(=O)O)c1. The van der Waals surface area contributed by atoms with E-state index in [9.17, 15) is 19.8 Å². The highest BCUT2D eigenvalue weighted by atomic mass is 16.6. The molecule has 0 fully saturated rings. The summed E-state index contributed by atoms with van der Waals surface area (Å²) in [5.74, 6) is 0. The Labute approximate surface area is 183 Å². The van der Waals surface area contributed by atoms with E-state index in [2.05, 4.69) is 5.32 Å². The van der Waals surface area contributed by atoms with Crippen LogP contribution >= 0.6 is 0 Å². The number of alkyl carbamates (subject to hydrolysis) is 1. The molecule has 3 N–H and O–H groups in total. The average Bonchev–Trinajstić information content (AvgIpc) is 2.70. The fraction of sp³-hybridized carbons (Fsp3) is 0.417. The molecule has 0 saturated heterocycles. The smallest absolute Gasteiger partial charge is 0.411 e. The number of carbonyl (C=O) groups is 2. The number of carboxylic acid groups (broad SMARTS) is 1. The first-order valence-electron chi connectivity index (χ1n) is 10.4. The first-order valence-corrected chi connectivity index (χ1v) is 10.4. The maximum atomic E-state index is 11.8. The van der Waals surface area contributed by atoms with Crippen LogP contribution in [0.1, 0.15) is 50.8 Å². The molecule has 1 atom stereocenters. The summed E-state index contributed by atoms with van der Waals surface area (Å²) in [6.45, 7) is 5.92. The maximum absolute atomic E-state index is 11.8. The quantitative estimate of drug-likeness (QED) is 0.535. The third-order valence-corrected chi connectivity index (χ3v) is 4.57. The number of benzene rings is 2. The van der Waals surface area contributed by atoms with E-state index < -0.39 is 23.9 Å². The molecule has 0 saturated carbocycles. The first-order chi connectivity index (χ1) is 14.7. The third kappa shape index (κ3) is 8.68. The van der Waals surface area contributed by atoms with Gasteiger partial charge in [-0.2, -0.15) is 0 Å². The zero-order valence-corrected chi connectivity index (χ0v) is 18.4. The molecular weight excluding hydrogens is 396 g/mol. The van der Waals surface area contributed by atoms with Gasteiger partial charge in [-0.05, 0) is 63.3 Å². The highest BCUT2D eigenvalue weighted by molar-refractivity contribution is 5.86. The number of carbonyl (C=O) groups excluding carboxylic acids is 1. The number of amides is 2. The van der Waals surface area contributed by atoms with Gasteiger partial charge in [-0.3, -0.25) is 4.90 Å². The number of nitrogens with zero attached hydrogens (tertiary/aromatic N) is 1. The summed E-state index contributed by atoms with van der Waals surface area (Å²) >= 11 is 0. The molecule has 2 aromatic rings. The zero-order valence-electron chi connectivity index (χ0n) is 18.4. The number of anilines is 1. The van der Waals surface area contributed by atoms with Crippen LogP contribution in [0.2, 0.25) is 0 Å². The first kappa shape index (κ1) is 24.2. The van der Waals surface area contributed by atoms with Crippen LogP contribution < -0.4 is 10.2 Å². The van der Waals surface area contributed by atoms with Gasteiger partial charge in [-0.25, -0.2) is 9.59 Å². The van der Waals surface area contributed by atoms with Crippen molar-refractivity contribution in [1.29, 1.82) is 0 Å². The van der Waals surface area contributed by atoms with Crippen molar-refractivity contribution in [3.63, 3.8) is 0 Å². The lowest BCUT2D eigenvalue weighted by molar-refractivity contribution is 0.0518. The van der Waals surface area contributed by atoms with Crippen molar-refractivity contribution in [2.45, 2.75) is 51.7 Å². The normalized spacial score (nSPS) is 12.1. The molecule has 0 aliphatic heterocycles. The predicted octanol–water partition coefficient (Wildman–Crippen LogP) is 4.75. The number of aliphatic hydroxyl groups excluding tert-OH is 1. The summed E-state index contributed by atoms with van der Waals surface area (Å²) in [5.41, 5.74) is 1.68. The molecule has 7 nitrogen and oxygen atoms in total. The van der Waals surface area contributed by atoms with Crippen LogP contribution in [0, 0.1) is 0 Å². The Bertz CT molecular complexity index is 849. The van der Waals surface area contributed by atoms with E-state index in [0.29, 0.717) is 24.2 Å². The highest BCUT2D eigenvalue weighted by Crippen LogP contribution is 2.23. The predicted molar refractivity (Wildman–Crippen MR) is 120 cm³/mol. The fourth-order valence-electron chi connectivity index (χ4n) is 3.11. The molecule has 7 heteroatoms. The largest absolute Gasteiger partial charge is 0.465 e. The summed E-state index contributed by atoms with van der Waals surface area (Å²) in [7, 11) is 0. The number of aryl methyl sites for hydroxylation is 1. The molecule has 0 spiro atoms. The molecule has 0 heterocycles. The van der Waals surface area contributed by atoms with Gasteiger partial charge in [0.1, 0.15) is 5.60 Å². The van der Waals surface area contributed by atoms with Crippen molar-refractivity contribution in [2.75, 3.05) is 18.0 Å². The lowest BCUT2D eigenvalue weighted by Gasteiger charge is -2.22. The summed E-state index contributed by atoms with van der Waals surface area (Å²) in [6.07, 6.45) is -0.666. The minimum absolute atomic E-state index is 0.236. The van der Waals surface area contributed by atoms with Crippen LogP contribution in [0.3, 0.4) is 0 Å². The zero-order chi connectivity index (χ0) is 22.9. The van der Waals surface area contributed by atoms with Crippen LogP contribution in [-0.4, -0.2) is 41.1 Å². The molecule has 0 bridgehead atoms. The average molecular weight is 429 g/mol. The number of ether oxygens (including phenoxy) is 1. The third-order valence-electron chi connectivity index (χ3n) is 4.57. The Balaban J connectivity index is 1.92. The lowest BCUT2D eigenvalue weighted by Crippen LogP contribution is -2.33. The molecular formula is C24H32N2O5. The van der Waals surface area contributed by atoms with Gasteiger partial charge >= 0.3 is 12.2 Å². The minimum atomic E-state index is -1.04. The van der Waals surface area contributed by atoms with Crippen molar-refractivity contribution in [3.8, 4) is 0 Å². The Morgan fingerprint density at radius 3 is 2.45 bits per heavy atom. The van der Waals surface area contributed by atoms with Crippen LogP contribution in [-0.2, 0) is 11.2 Å². The van der Waals surface area contributed by atoms with Gasteiger partial charge in [-0.1, -0.05) is 42.5 Å². The second-order valence-corrected chi connectivity index (χ2v) is 8.35. The van der Waals surface area contributed by atoms with Crippen molar-refractivity contribution in [3.05, 3.63) is 65.7 Å². The van der Waals surface area contributed by atoms with Crippen molar-refractivity contribution in [2.24, 2.45) is 0 Å². The van der Waals surface area contributed by atoms with Gasteiger partial charge in [0.15, 0.2) is 0 Å². The van der Waals surface area contributed by atoms with E-state index in [1.165, 1.54) is 4.90 Å². The van der Waals surface area contributed by atoms with Gasteiger partial charge in [-0.15, -0.1) is 0 Å². The molecule has 2 rings (SSSR count). The summed E-state index contributed by atoms with van der Waals surface area (Å²) < 4.78 is 5.17. The second-order valence-electron chi connectivity index (χ2n) is 8.35. The molecule has 2 aromatic carbocycles. The van der Waals surface area contributed by atoms with E-state index in [0.717, 1.165) is 12.0 Å². The van der Waals surface area contributed by atoms with Crippen LogP contribution in [0.5, 0.6) is 0 Å². The Morgan fingerprint density at radius 2 is 1.81 bits per heavy atom. The van der Waals surface area contributed by atoms with Crippen molar-refractivity contribution in [1.82, 2.24) is 5.32 Å². The Kier molecular flexibility index (Phi) is 8.88. The Morgan fingerprint density at radius 1 is 1.10 bits per heavy atom. The second kappa shape index (κ2) is 11.4. The topological polar surface area (TPSA) is 99.1 Å². The molecule has 2 amide bonds. The number of hydrogen-bond acceptors (Lipinski definition) is 4. The molecule has 31 heavy (non-hydrogen) atoms. The minimum Gasteiger partial charge on any atom is -0.465 e. The summed E-state index contributed by atoms with van der Waals surface area (Å²) in [6, 6.07) is 16.8. The van der Waals surface area contributed by atoms with E-state index in [-0.39, 0.29) is 13.0 Å². The maximum Gasteiger partial charge on any atom is 0.411 e. The highest BCUT2D eigenvalue weighted by Gasteiger charge is 2.18. The lowest BCUT2D eigenvalue weighted by atomic mass is 10.1. The monoisotopic (exact) mass is 428 g/mol.